The summed E-state index contributed by atoms with van der Waals surface area (Å²) in [5.74, 6) is -0.593. The van der Waals surface area contributed by atoms with Crippen LogP contribution in [0.3, 0.4) is 0 Å². The van der Waals surface area contributed by atoms with Crippen LogP contribution in [0.5, 0.6) is 0 Å². The van der Waals surface area contributed by atoms with Gasteiger partial charge in [0.2, 0.25) is 0 Å². The molecule has 1 aromatic heterocycles. The lowest BCUT2D eigenvalue weighted by Crippen LogP contribution is -2.16. The number of benzene rings is 2. The highest BCUT2D eigenvalue weighted by molar-refractivity contribution is 7.98. The largest absolute Gasteiger partial charge is 0.321 e. The second-order valence-corrected chi connectivity index (χ2v) is 6.78. The van der Waals surface area contributed by atoms with Crippen LogP contribution in [0.2, 0.25) is 0 Å². The quantitative estimate of drug-likeness (QED) is 0.658. The van der Waals surface area contributed by atoms with Crippen LogP contribution in [-0.2, 0) is 0 Å². The van der Waals surface area contributed by atoms with Crippen molar-refractivity contribution >= 4 is 35.1 Å². The maximum absolute atomic E-state index is 13.2. The fraction of sp³-hybridized carbons (Fsp3) is 0.111. The SMILES string of the molecule is CSc1cccc(NC(=O)c2cnc(SC)n2-c2ccc(F)cc2)c1. The summed E-state index contributed by atoms with van der Waals surface area (Å²) in [6.45, 7) is 0. The highest BCUT2D eigenvalue weighted by Gasteiger charge is 2.18. The number of thioether (sulfide) groups is 2. The number of hydrogen-bond acceptors (Lipinski definition) is 4. The molecule has 0 saturated carbocycles. The van der Waals surface area contributed by atoms with Crippen molar-refractivity contribution in [1.82, 2.24) is 9.55 Å². The van der Waals surface area contributed by atoms with Gasteiger partial charge in [0, 0.05) is 16.3 Å². The molecule has 0 fully saturated rings. The molecule has 128 valence electrons. The molecule has 25 heavy (non-hydrogen) atoms. The molecule has 0 saturated heterocycles. The molecule has 0 aliphatic heterocycles. The maximum atomic E-state index is 13.2. The zero-order valence-corrected chi connectivity index (χ0v) is 15.3. The molecule has 1 heterocycles. The lowest BCUT2D eigenvalue weighted by Gasteiger charge is -2.11. The summed E-state index contributed by atoms with van der Waals surface area (Å²) in [7, 11) is 0. The number of imidazole rings is 1. The normalized spacial score (nSPS) is 10.7. The van der Waals surface area contributed by atoms with Gasteiger partial charge in [-0.25, -0.2) is 9.37 Å². The van der Waals surface area contributed by atoms with Crippen molar-refractivity contribution in [2.75, 3.05) is 17.8 Å². The van der Waals surface area contributed by atoms with Crippen molar-refractivity contribution in [3.63, 3.8) is 0 Å². The monoisotopic (exact) mass is 373 g/mol. The number of aromatic nitrogens is 2. The molecule has 0 unspecified atom stereocenters. The van der Waals surface area contributed by atoms with Crippen LogP contribution in [0.25, 0.3) is 5.69 Å². The number of nitrogens with zero attached hydrogens (tertiary/aromatic N) is 2. The van der Waals surface area contributed by atoms with Crippen molar-refractivity contribution in [3.8, 4) is 5.69 Å². The van der Waals surface area contributed by atoms with Gasteiger partial charge in [-0.05, 0) is 55.0 Å². The van der Waals surface area contributed by atoms with E-state index in [1.165, 1.54) is 30.1 Å². The third-order valence-electron chi connectivity index (χ3n) is 3.56. The smallest absolute Gasteiger partial charge is 0.274 e. The van der Waals surface area contributed by atoms with Crippen molar-refractivity contribution in [3.05, 3.63) is 66.2 Å². The summed E-state index contributed by atoms with van der Waals surface area (Å²) in [6.07, 6.45) is 5.39. The van der Waals surface area contributed by atoms with Gasteiger partial charge < -0.3 is 5.32 Å². The average Bonchev–Trinajstić information content (AvgIpc) is 3.06. The predicted octanol–water partition coefficient (Wildman–Crippen LogP) is 4.71. The van der Waals surface area contributed by atoms with E-state index in [1.54, 1.807) is 28.5 Å². The Morgan fingerprint density at radius 3 is 2.56 bits per heavy atom. The van der Waals surface area contributed by atoms with Gasteiger partial charge in [0.15, 0.2) is 5.16 Å². The summed E-state index contributed by atoms with van der Waals surface area (Å²) in [5.41, 5.74) is 1.80. The minimum absolute atomic E-state index is 0.268. The minimum Gasteiger partial charge on any atom is -0.321 e. The summed E-state index contributed by atoms with van der Waals surface area (Å²) < 4.78 is 14.9. The van der Waals surface area contributed by atoms with E-state index in [0.29, 0.717) is 16.5 Å². The van der Waals surface area contributed by atoms with E-state index in [1.807, 2.05) is 36.8 Å². The lowest BCUT2D eigenvalue weighted by molar-refractivity contribution is 0.102. The zero-order chi connectivity index (χ0) is 17.8. The number of amides is 1. The van der Waals surface area contributed by atoms with E-state index in [-0.39, 0.29) is 11.7 Å². The first kappa shape index (κ1) is 17.6. The van der Waals surface area contributed by atoms with Gasteiger partial charge in [0.25, 0.3) is 5.91 Å². The number of carbonyl (C=O) groups is 1. The van der Waals surface area contributed by atoms with E-state index in [2.05, 4.69) is 10.3 Å². The van der Waals surface area contributed by atoms with Gasteiger partial charge in [-0.2, -0.15) is 0 Å². The standard InChI is InChI=1S/C18H16FN3OS2/c1-24-15-5-3-4-13(10-15)21-17(23)16-11-20-18(25-2)22(16)14-8-6-12(19)7-9-14/h3-11H,1-2H3,(H,21,23). The van der Waals surface area contributed by atoms with Gasteiger partial charge in [0.1, 0.15) is 11.5 Å². The summed E-state index contributed by atoms with van der Waals surface area (Å²) in [5, 5.41) is 3.56. The van der Waals surface area contributed by atoms with Crippen LogP contribution in [0.4, 0.5) is 10.1 Å². The van der Waals surface area contributed by atoms with Crippen LogP contribution in [0.1, 0.15) is 10.5 Å². The predicted molar refractivity (Wildman–Crippen MR) is 101 cm³/mol. The maximum Gasteiger partial charge on any atom is 0.274 e. The Hall–Kier alpha value is -2.25. The number of nitrogens with one attached hydrogen (secondary N) is 1. The Balaban J connectivity index is 1.95. The van der Waals surface area contributed by atoms with Gasteiger partial charge >= 0.3 is 0 Å². The van der Waals surface area contributed by atoms with Gasteiger partial charge in [-0.15, -0.1) is 11.8 Å². The van der Waals surface area contributed by atoms with Crippen LogP contribution in [-0.4, -0.2) is 28.0 Å². The van der Waals surface area contributed by atoms with E-state index >= 15 is 0 Å². The molecule has 0 atom stereocenters. The van der Waals surface area contributed by atoms with E-state index in [9.17, 15) is 9.18 Å². The van der Waals surface area contributed by atoms with E-state index < -0.39 is 0 Å². The number of rotatable bonds is 5. The first-order chi connectivity index (χ1) is 12.1. The number of halogens is 1. The number of carbonyl (C=O) groups excluding carboxylic acids is 1. The molecule has 0 radical (unpaired) electrons. The Morgan fingerprint density at radius 2 is 1.88 bits per heavy atom. The van der Waals surface area contributed by atoms with Crippen molar-refractivity contribution < 1.29 is 9.18 Å². The van der Waals surface area contributed by atoms with Gasteiger partial charge in [-0.3, -0.25) is 9.36 Å². The van der Waals surface area contributed by atoms with Crippen LogP contribution >= 0.6 is 23.5 Å². The van der Waals surface area contributed by atoms with Gasteiger partial charge in [-0.1, -0.05) is 17.8 Å². The number of anilines is 1. The van der Waals surface area contributed by atoms with E-state index in [0.717, 1.165) is 10.6 Å². The van der Waals surface area contributed by atoms with Crippen LogP contribution in [0, 0.1) is 5.82 Å². The molecule has 1 N–H and O–H groups in total. The summed E-state index contributed by atoms with van der Waals surface area (Å²) in [6, 6.07) is 13.6. The molecule has 0 spiro atoms. The molecular weight excluding hydrogens is 357 g/mol. The minimum atomic E-state index is -0.325. The lowest BCUT2D eigenvalue weighted by atomic mass is 10.3. The summed E-state index contributed by atoms with van der Waals surface area (Å²) in [4.78, 5) is 18.1. The fourth-order valence-corrected chi connectivity index (χ4v) is 3.38. The molecule has 0 aliphatic rings. The highest BCUT2D eigenvalue weighted by Crippen LogP contribution is 2.24. The Bertz CT molecular complexity index is 894. The van der Waals surface area contributed by atoms with Gasteiger partial charge in [0.05, 0.1) is 6.20 Å². The van der Waals surface area contributed by atoms with Crippen molar-refractivity contribution in [2.45, 2.75) is 10.1 Å². The van der Waals surface area contributed by atoms with E-state index in [4.69, 9.17) is 0 Å². The third kappa shape index (κ3) is 3.88. The first-order valence-electron chi connectivity index (χ1n) is 7.45. The number of hydrogen-bond donors (Lipinski definition) is 1. The highest BCUT2D eigenvalue weighted by atomic mass is 32.2. The fourth-order valence-electron chi connectivity index (χ4n) is 2.37. The molecule has 7 heteroatoms. The Labute approximate surface area is 153 Å². The molecule has 4 nitrogen and oxygen atoms in total. The third-order valence-corrected chi connectivity index (χ3v) is 4.94. The molecule has 3 rings (SSSR count). The average molecular weight is 373 g/mol. The topological polar surface area (TPSA) is 46.9 Å². The molecule has 1 amide bonds. The van der Waals surface area contributed by atoms with Crippen molar-refractivity contribution in [2.24, 2.45) is 0 Å². The Morgan fingerprint density at radius 1 is 1.12 bits per heavy atom. The zero-order valence-electron chi connectivity index (χ0n) is 13.7. The molecule has 0 aliphatic carbocycles. The molecular formula is C18H16FN3OS2. The van der Waals surface area contributed by atoms with Crippen LogP contribution < -0.4 is 5.32 Å². The molecule has 2 aromatic carbocycles. The van der Waals surface area contributed by atoms with Crippen molar-refractivity contribution in [1.29, 1.82) is 0 Å². The Kier molecular flexibility index (Phi) is 5.45. The van der Waals surface area contributed by atoms with Crippen LogP contribution in [0.15, 0.2) is 64.8 Å². The first-order valence-corrected chi connectivity index (χ1v) is 9.90. The molecule has 0 bridgehead atoms. The second kappa shape index (κ2) is 7.76. The molecule has 3 aromatic rings. The summed E-state index contributed by atoms with van der Waals surface area (Å²) >= 11 is 3.03. The second-order valence-electron chi connectivity index (χ2n) is 5.13.